The molecular weight excluding hydrogens is 276 g/mol. The Morgan fingerprint density at radius 2 is 2.05 bits per heavy atom. The molecule has 0 fully saturated rings. The Hall–Kier alpha value is -2.00. The Kier molecular flexibility index (Phi) is 3.14. The maximum Gasteiger partial charge on any atom is 0.318 e. The Balaban J connectivity index is 2.05. The Bertz CT molecular complexity index is 668. The van der Waals surface area contributed by atoms with Gasteiger partial charge in [0.15, 0.2) is 0 Å². The fourth-order valence-corrected chi connectivity index (χ4v) is 2.87. The number of rotatable bonds is 3. The highest BCUT2D eigenvalue weighted by atomic mass is 35.5. The number of halogens is 1. The molecule has 0 aliphatic carbocycles. The van der Waals surface area contributed by atoms with E-state index in [4.69, 9.17) is 16.3 Å². The van der Waals surface area contributed by atoms with E-state index in [1.54, 1.807) is 18.2 Å². The first-order chi connectivity index (χ1) is 9.62. The average molecular weight is 289 g/mol. The molecule has 0 saturated carbocycles. The van der Waals surface area contributed by atoms with Crippen LogP contribution in [0.5, 0.6) is 5.75 Å². The lowest BCUT2D eigenvalue weighted by molar-refractivity contribution is -0.144. The lowest BCUT2D eigenvalue weighted by Crippen LogP contribution is -2.39. The van der Waals surface area contributed by atoms with Crippen LogP contribution in [0.4, 0.5) is 0 Å². The third-order valence-corrected chi connectivity index (χ3v) is 3.92. The van der Waals surface area contributed by atoms with Gasteiger partial charge in [0.2, 0.25) is 0 Å². The van der Waals surface area contributed by atoms with Crippen molar-refractivity contribution in [1.82, 2.24) is 0 Å². The summed E-state index contributed by atoms with van der Waals surface area (Å²) in [6.45, 7) is 0.147. The van der Waals surface area contributed by atoms with Gasteiger partial charge in [-0.2, -0.15) is 0 Å². The molecule has 4 heteroatoms. The fraction of sp³-hybridized carbons (Fsp3) is 0.188. The second-order valence-corrected chi connectivity index (χ2v) is 5.42. The van der Waals surface area contributed by atoms with Crippen molar-refractivity contribution in [2.75, 3.05) is 6.61 Å². The van der Waals surface area contributed by atoms with Gasteiger partial charge in [-0.15, -0.1) is 0 Å². The number of benzene rings is 2. The van der Waals surface area contributed by atoms with E-state index in [1.165, 1.54) is 0 Å². The lowest BCUT2D eigenvalue weighted by Gasteiger charge is -2.23. The van der Waals surface area contributed by atoms with Crippen molar-refractivity contribution < 1.29 is 14.6 Å². The van der Waals surface area contributed by atoms with Crippen molar-refractivity contribution in [1.29, 1.82) is 0 Å². The summed E-state index contributed by atoms with van der Waals surface area (Å²) in [6.07, 6.45) is 0.361. The van der Waals surface area contributed by atoms with E-state index in [0.717, 1.165) is 11.1 Å². The molecule has 3 rings (SSSR count). The van der Waals surface area contributed by atoms with Crippen LogP contribution in [0.25, 0.3) is 0 Å². The van der Waals surface area contributed by atoms with Crippen molar-refractivity contribution in [2.24, 2.45) is 0 Å². The van der Waals surface area contributed by atoms with Gasteiger partial charge in [-0.1, -0.05) is 41.9 Å². The van der Waals surface area contributed by atoms with Crippen molar-refractivity contribution in [3.63, 3.8) is 0 Å². The molecule has 0 aromatic heterocycles. The van der Waals surface area contributed by atoms with Gasteiger partial charge in [-0.3, -0.25) is 4.79 Å². The smallest absolute Gasteiger partial charge is 0.318 e. The molecular formula is C16H13ClO3. The monoisotopic (exact) mass is 288 g/mol. The van der Waals surface area contributed by atoms with Crippen LogP contribution in [0.2, 0.25) is 5.02 Å². The fourth-order valence-electron chi connectivity index (χ4n) is 2.66. The minimum atomic E-state index is -1.04. The van der Waals surface area contributed by atoms with Gasteiger partial charge in [0.1, 0.15) is 17.8 Å². The zero-order valence-corrected chi connectivity index (χ0v) is 11.4. The van der Waals surface area contributed by atoms with Crippen molar-refractivity contribution in [3.05, 3.63) is 64.7 Å². The van der Waals surface area contributed by atoms with Gasteiger partial charge < -0.3 is 9.84 Å². The third kappa shape index (κ3) is 2.04. The number of ether oxygens (including phenoxy) is 1. The summed E-state index contributed by atoms with van der Waals surface area (Å²) in [5.41, 5.74) is 0.578. The Labute approximate surface area is 121 Å². The lowest BCUT2D eigenvalue weighted by atomic mass is 9.77. The summed E-state index contributed by atoms with van der Waals surface area (Å²) >= 11 is 5.98. The summed E-state index contributed by atoms with van der Waals surface area (Å²) < 4.78 is 5.56. The number of hydrogen-bond donors (Lipinski definition) is 1. The predicted octanol–water partition coefficient (Wildman–Crippen LogP) is 3.30. The summed E-state index contributed by atoms with van der Waals surface area (Å²) in [5, 5.41) is 10.3. The Morgan fingerprint density at radius 3 is 2.80 bits per heavy atom. The molecule has 1 N–H and O–H groups in total. The zero-order valence-electron chi connectivity index (χ0n) is 10.7. The first-order valence-corrected chi connectivity index (χ1v) is 6.70. The van der Waals surface area contributed by atoms with Crippen LogP contribution in [-0.4, -0.2) is 17.7 Å². The molecule has 1 aliphatic rings. The van der Waals surface area contributed by atoms with Crippen LogP contribution in [-0.2, 0) is 16.6 Å². The molecule has 1 heterocycles. The minimum absolute atomic E-state index is 0.147. The number of fused-ring (bicyclic) bond motifs is 1. The van der Waals surface area contributed by atoms with E-state index in [9.17, 15) is 9.90 Å². The van der Waals surface area contributed by atoms with E-state index in [-0.39, 0.29) is 6.61 Å². The molecule has 1 unspecified atom stereocenters. The molecule has 0 saturated heterocycles. The first kappa shape index (κ1) is 13.0. The van der Waals surface area contributed by atoms with Gasteiger partial charge in [-0.05, 0) is 30.2 Å². The van der Waals surface area contributed by atoms with Crippen LogP contribution in [0.3, 0.4) is 0 Å². The maximum atomic E-state index is 11.9. The summed E-state index contributed by atoms with van der Waals surface area (Å²) in [6, 6.07) is 14.6. The van der Waals surface area contributed by atoms with Crippen molar-refractivity contribution in [3.8, 4) is 5.75 Å². The number of aliphatic carboxylic acids is 1. The number of hydrogen-bond acceptors (Lipinski definition) is 2. The van der Waals surface area contributed by atoms with Crippen LogP contribution < -0.4 is 4.74 Å². The van der Waals surface area contributed by atoms with Gasteiger partial charge >= 0.3 is 5.97 Å². The van der Waals surface area contributed by atoms with Crippen LogP contribution in [0.1, 0.15) is 11.1 Å². The molecule has 3 nitrogen and oxygen atoms in total. The highest BCUT2D eigenvalue weighted by Gasteiger charge is 2.47. The molecule has 20 heavy (non-hydrogen) atoms. The normalized spacial score (nSPS) is 20.2. The standard InChI is InChI=1S/C16H13ClO3/c17-12-5-3-4-11(8-12)9-16(15(18)19)10-20-14-7-2-1-6-13(14)16/h1-8H,9-10H2,(H,18,19). The van der Waals surface area contributed by atoms with Gasteiger partial charge in [0.25, 0.3) is 0 Å². The molecule has 2 aromatic carbocycles. The predicted molar refractivity (Wildman–Crippen MR) is 76.4 cm³/mol. The second-order valence-electron chi connectivity index (χ2n) is 4.98. The topological polar surface area (TPSA) is 46.5 Å². The van der Waals surface area contributed by atoms with Crippen molar-refractivity contribution >= 4 is 17.6 Å². The molecule has 0 bridgehead atoms. The number of carboxylic acids is 1. The molecule has 2 aromatic rings. The van der Waals surface area contributed by atoms with E-state index in [1.807, 2.05) is 30.3 Å². The van der Waals surface area contributed by atoms with Gasteiger partial charge in [0.05, 0.1) is 0 Å². The van der Waals surface area contributed by atoms with Crippen LogP contribution in [0.15, 0.2) is 48.5 Å². The summed E-state index contributed by atoms with van der Waals surface area (Å²) in [4.78, 5) is 11.9. The molecule has 102 valence electrons. The molecule has 0 amide bonds. The first-order valence-electron chi connectivity index (χ1n) is 6.32. The summed E-state index contributed by atoms with van der Waals surface area (Å²) in [5.74, 6) is -0.223. The SMILES string of the molecule is O=C(O)C1(Cc2cccc(Cl)c2)COc2ccccc21. The molecule has 1 atom stereocenters. The molecule has 0 spiro atoms. The van der Waals surface area contributed by atoms with Crippen LogP contribution >= 0.6 is 11.6 Å². The maximum absolute atomic E-state index is 11.9. The summed E-state index contributed by atoms with van der Waals surface area (Å²) in [7, 11) is 0. The van der Waals surface area contributed by atoms with Gasteiger partial charge in [-0.25, -0.2) is 0 Å². The van der Waals surface area contributed by atoms with Gasteiger partial charge in [0, 0.05) is 10.6 Å². The second kappa shape index (κ2) is 4.84. The van der Waals surface area contributed by atoms with Crippen LogP contribution in [0, 0.1) is 0 Å². The minimum Gasteiger partial charge on any atom is -0.492 e. The third-order valence-electron chi connectivity index (χ3n) is 3.68. The number of carboxylic acid groups (broad SMARTS) is 1. The van der Waals surface area contributed by atoms with E-state index in [0.29, 0.717) is 17.2 Å². The molecule has 1 aliphatic heterocycles. The largest absolute Gasteiger partial charge is 0.492 e. The zero-order chi connectivity index (χ0) is 14.2. The highest BCUT2D eigenvalue weighted by molar-refractivity contribution is 6.30. The van der Waals surface area contributed by atoms with E-state index in [2.05, 4.69) is 0 Å². The highest BCUT2D eigenvalue weighted by Crippen LogP contribution is 2.41. The molecule has 0 radical (unpaired) electrons. The van der Waals surface area contributed by atoms with E-state index >= 15 is 0 Å². The van der Waals surface area contributed by atoms with E-state index < -0.39 is 11.4 Å². The quantitative estimate of drug-likeness (QED) is 0.942. The average Bonchev–Trinajstić information content (AvgIpc) is 2.79. The number of para-hydroxylation sites is 1. The van der Waals surface area contributed by atoms with Crippen molar-refractivity contribution in [2.45, 2.75) is 11.8 Å². The Morgan fingerprint density at radius 1 is 1.25 bits per heavy atom. The number of carbonyl (C=O) groups is 1.